The van der Waals surface area contributed by atoms with Gasteiger partial charge in [-0.1, -0.05) is 0 Å². The zero-order valence-corrected chi connectivity index (χ0v) is 9.06. The second kappa shape index (κ2) is 4.08. The summed E-state index contributed by atoms with van der Waals surface area (Å²) < 4.78 is 0. The van der Waals surface area contributed by atoms with Crippen molar-refractivity contribution >= 4 is 28.8 Å². The van der Waals surface area contributed by atoms with Crippen LogP contribution in [0.2, 0.25) is 0 Å². The number of carbonyl (C=O) groups is 1. The number of anilines is 1. The number of nitrogens with zero attached hydrogens (tertiary/aromatic N) is 3. The van der Waals surface area contributed by atoms with Gasteiger partial charge in [-0.25, -0.2) is 9.97 Å². The van der Waals surface area contributed by atoms with Gasteiger partial charge in [-0.3, -0.25) is 15.1 Å². The zero-order chi connectivity index (χ0) is 12.4. The van der Waals surface area contributed by atoms with E-state index in [9.17, 15) is 4.79 Å². The molecule has 1 amide bonds. The minimum atomic E-state index is -0.541. The summed E-state index contributed by atoms with van der Waals surface area (Å²) in [6.45, 7) is 0. The lowest BCUT2D eigenvalue weighted by Gasteiger charge is -2.04. The average molecular weight is 233 g/mol. The first-order valence-electron chi connectivity index (χ1n) is 4.76. The Balaban J connectivity index is 2.40. The van der Waals surface area contributed by atoms with E-state index >= 15 is 0 Å². The number of aliphatic imine (C=N–C) groups is 1. The molecule has 0 saturated heterocycles. The summed E-state index contributed by atoms with van der Waals surface area (Å²) in [7, 11) is 1.46. The molecule has 0 aliphatic heterocycles. The van der Waals surface area contributed by atoms with Gasteiger partial charge in [-0.15, -0.1) is 0 Å². The monoisotopic (exact) mass is 233 g/mol. The molecule has 2 heterocycles. The number of fused-ring (bicyclic) bond motifs is 1. The number of guanidine groups is 1. The highest BCUT2D eigenvalue weighted by molar-refractivity contribution is 6.07. The number of nitrogens with one attached hydrogen (secondary N) is 2. The first-order valence-corrected chi connectivity index (χ1v) is 4.76. The van der Waals surface area contributed by atoms with Crippen molar-refractivity contribution in [3.05, 3.63) is 18.0 Å². The third kappa shape index (κ3) is 2.00. The summed E-state index contributed by atoms with van der Waals surface area (Å²) in [5.41, 5.74) is 12.1. The summed E-state index contributed by atoms with van der Waals surface area (Å²) >= 11 is 0. The molecule has 17 heavy (non-hydrogen) atoms. The molecule has 8 nitrogen and oxygen atoms in total. The van der Waals surface area contributed by atoms with E-state index in [4.69, 9.17) is 11.5 Å². The molecule has 0 aliphatic carbocycles. The van der Waals surface area contributed by atoms with Crippen molar-refractivity contribution < 1.29 is 4.79 Å². The quantitative estimate of drug-likeness (QED) is 0.378. The third-order valence-electron chi connectivity index (χ3n) is 2.11. The van der Waals surface area contributed by atoms with Gasteiger partial charge in [0, 0.05) is 13.2 Å². The van der Waals surface area contributed by atoms with Gasteiger partial charge in [-0.05, 0) is 6.07 Å². The molecule has 8 heteroatoms. The van der Waals surface area contributed by atoms with E-state index in [0.717, 1.165) is 0 Å². The van der Waals surface area contributed by atoms with Crippen molar-refractivity contribution in [3.8, 4) is 0 Å². The summed E-state index contributed by atoms with van der Waals surface area (Å²) in [4.78, 5) is 26.3. The van der Waals surface area contributed by atoms with Crippen LogP contribution in [-0.2, 0) is 0 Å². The Bertz CT molecular complexity index is 600. The van der Waals surface area contributed by atoms with E-state index in [-0.39, 0.29) is 17.5 Å². The van der Waals surface area contributed by atoms with Gasteiger partial charge >= 0.3 is 0 Å². The Hall–Kier alpha value is -2.64. The van der Waals surface area contributed by atoms with Gasteiger partial charge in [-0.2, -0.15) is 0 Å². The molecular formula is C9H11N7O. The Morgan fingerprint density at radius 3 is 3.00 bits per heavy atom. The van der Waals surface area contributed by atoms with E-state index in [1.54, 1.807) is 12.3 Å². The van der Waals surface area contributed by atoms with Gasteiger partial charge < -0.3 is 16.5 Å². The van der Waals surface area contributed by atoms with Crippen molar-refractivity contribution in [2.75, 3.05) is 12.8 Å². The molecule has 0 aromatic carbocycles. The van der Waals surface area contributed by atoms with Crippen molar-refractivity contribution in [1.29, 1.82) is 0 Å². The van der Waals surface area contributed by atoms with Crippen LogP contribution < -0.4 is 16.8 Å². The molecule has 0 aliphatic rings. The van der Waals surface area contributed by atoms with Crippen LogP contribution in [0.15, 0.2) is 17.3 Å². The van der Waals surface area contributed by atoms with E-state index in [1.807, 2.05) is 0 Å². The number of H-pyrrole nitrogens is 1. The number of nitrogen functional groups attached to an aromatic ring is 1. The number of carbonyl (C=O) groups excluding carboxylic acids is 1. The van der Waals surface area contributed by atoms with Crippen LogP contribution in [0.3, 0.4) is 0 Å². The van der Waals surface area contributed by atoms with Crippen LogP contribution in [0, 0.1) is 0 Å². The van der Waals surface area contributed by atoms with E-state index < -0.39 is 5.91 Å². The van der Waals surface area contributed by atoms with Crippen LogP contribution in [0.4, 0.5) is 5.82 Å². The normalized spacial score (nSPS) is 11.7. The second-order valence-corrected chi connectivity index (χ2v) is 3.23. The molecular weight excluding hydrogens is 222 g/mol. The number of hydrogen-bond acceptors (Lipinski definition) is 5. The average Bonchev–Trinajstić information content (AvgIpc) is 2.74. The Labute approximate surface area is 96.1 Å². The van der Waals surface area contributed by atoms with Crippen molar-refractivity contribution in [1.82, 2.24) is 20.3 Å². The number of aromatic amines is 1. The minimum Gasteiger partial charge on any atom is -0.382 e. The van der Waals surface area contributed by atoms with Crippen LogP contribution in [0.25, 0.3) is 11.2 Å². The number of hydrogen-bond donors (Lipinski definition) is 4. The van der Waals surface area contributed by atoms with E-state index in [0.29, 0.717) is 11.2 Å². The smallest absolute Gasteiger partial charge is 0.280 e. The highest BCUT2D eigenvalue weighted by atomic mass is 16.2. The van der Waals surface area contributed by atoms with Crippen molar-refractivity contribution in [3.63, 3.8) is 0 Å². The Kier molecular flexibility index (Phi) is 2.61. The van der Waals surface area contributed by atoms with Crippen LogP contribution >= 0.6 is 0 Å². The summed E-state index contributed by atoms with van der Waals surface area (Å²) in [5.74, 6) is -0.520. The molecule has 2 aromatic heterocycles. The maximum absolute atomic E-state index is 11.7. The molecule has 0 fully saturated rings. The lowest BCUT2D eigenvalue weighted by Crippen LogP contribution is -2.37. The lowest BCUT2D eigenvalue weighted by molar-refractivity contribution is 0.0973. The second-order valence-electron chi connectivity index (χ2n) is 3.23. The predicted molar refractivity (Wildman–Crippen MR) is 63.3 cm³/mol. The summed E-state index contributed by atoms with van der Waals surface area (Å²) in [5, 5.41) is 2.34. The van der Waals surface area contributed by atoms with Gasteiger partial charge in [0.2, 0.25) is 0 Å². The van der Waals surface area contributed by atoms with Crippen molar-refractivity contribution in [2.45, 2.75) is 0 Å². The fourth-order valence-corrected chi connectivity index (χ4v) is 1.28. The predicted octanol–water partition coefficient (Wildman–Crippen LogP) is -0.786. The molecule has 88 valence electrons. The third-order valence-corrected chi connectivity index (χ3v) is 2.11. The fourth-order valence-electron chi connectivity index (χ4n) is 1.28. The standard InChI is InChI=1S/C9H11N7O/c1-12-9(11)16-8(17)5-6(10)15-7-4(14-5)2-3-13-7/h2-3H,1H3,(H3,10,13,15)(H3,11,12,16,17). The lowest BCUT2D eigenvalue weighted by atomic mass is 10.3. The molecule has 2 rings (SSSR count). The largest absolute Gasteiger partial charge is 0.382 e. The van der Waals surface area contributed by atoms with E-state index in [2.05, 4.69) is 25.3 Å². The SMILES string of the molecule is CN=C(N)NC(=O)c1nc2cc[nH]c2nc1N. The number of rotatable bonds is 1. The molecule has 2 aromatic rings. The molecule has 0 saturated carbocycles. The summed E-state index contributed by atoms with van der Waals surface area (Å²) in [6.07, 6.45) is 1.66. The van der Waals surface area contributed by atoms with E-state index in [1.165, 1.54) is 7.05 Å². The van der Waals surface area contributed by atoms with Gasteiger partial charge in [0.1, 0.15) is 5.52 Å². The molecule has 0 spiro atoms. The molecule has 6 N–H and O–H groups in total. The molecule has 0 unspecified atom stereocenters. The highest BCUT2D eigenvalue weighted by Gasteiger charge is 2.15. The fraction of sp³-hybridized carbons (Fsp3) is 0.111. The van der Waals surface area contributed by atoms with Crippen molar-refractivity contribution in [2.24, 2.45) is 10.7 Å². The first kappa shape index (κ1) is 10.9. The maximum Gasteiger partial charge on any atom is 0.280 e. The van der Waals surface area contributed by atoms with Crippen LogP contribution in [0.1, 0.15) is 10.5 Å². The highest BCUT2D eigenvalue weighted by Crippen LogP contribution is 2.12. The summed E-state index contributed by atoms with van der Waals surface area (Å²) in [6, 6.07) is 1.69. The van der Waals surface area contributed by atoms with Gasteiger partial charge in [0.15, 0.2) is 23.1 Å². The number of nitrogens with two attached hydrogens (primary N) is 2. The van der Waals surface area contributed by atoms with Gasteiger partial charge in [0.05, 0.1) is 0 Å². The number of amides is 1. The minimum absolute atomic E-state index is 0.00892. The first-order chi connectivity index (χ1) is 8.11. The van der Waals surface area contributed by atoms with Crippen LogP contribution in [-0.4, -0.2) is 33.9 Å². The zero-order valence-electron chi connectivity index (χ0n) is 9.06. The molecule has 0 atom stereocenters. The molecule has 0 radical (unpaired) electrons. The van der Waals surface area contributed by atoms with Gasteiger partial charge in [0.25, 0.3) is 5.91 Å². The van der Waals surface area contributed by atoms with Crippen LogP contribution in [0.5, 0.6) is 0 Å². The Morgan fingerprint density at radius 2 is 2.29 bits per heavy atom. The topological polar surface area (TPSA) is 135 Å². The Morgan fingerprint density at radius 1 is 1.53 bits per heavy atom. The maximum atomic E-state index is 11.7. The molecule has 0 bridgehead atoms. The number of aromatic nitrogens is 3.